The van der Waals surface area contributed by atoms with E-state index in [1.54, 1.807) is 30.3 Å². The molecule has 0 bridgehead atoms. The normalized spacial score (nSPS) is 12.5. The molecule has 0 saturated heterocycles. The molecule has 30 heavy (non-hydrogen) atoms. The third-order valence-corrected chi connectivity index (χ3v) is 4.50. The summed E-state index contributed by atoms with van der Waals surface area (Å²) in [5.41, 5.74) is 1.23. The number of rotatable bonds is 9. The van der Waals surface area contributed by atoms with Crippen molar-refractivity contribution in [2.45, 2.75) is 19.3 Å². The third-order valence-electron chi connectivity index (χ3n) is 4.50. The van der Waals surface area contributed by atoms with Gasteiger partial charge in [-0.2, -0.15) is 0 Å². The predicted molar refractivity (Wildman–Crippen MR) is 110 cm³/mol. The monoisotopic (exact) mass is 413 g/mol. The van der Waals surface area contributed by atoms with Crippen molar-refractivity contribution in [2.24, 2.45) is 0 Å². The molecule has 0 saturated carbocycles. The summed E-state index contributed by atoms with van der Waals surface area (Å²) in [4.78, 5) is 34.5. The van der Waals surface area contributed by atoms with Crippen molar-refractivity contribution in [1.82, 2.24) is 5.32 Å². The average Bonchev–Trinajstić information content (AvgIpc) is 3.00. The Bertz CT molecular complexity index is 913. The lowest BCUT2D eigenvalue weighted by Crippen LogP contribution is -2.29. The number of benzene rings is 2. The van der Waals surface area contributed by atoms with Gasteiger partial charge in [0.15, 0.2) is 17.3 Å². The summed E-state index contributed by atoms with van der Waals surface area (Å²) in [6.07, 6.45) is 0.975. The highest BCUT2D eigenvalue weighted by Crippen LogP contribution is 2.30. The standard InChI is InChI=1S/C21H23N3O6/c25-18(15-2-8-19-20(14-15)30-13-1-12-29-19)7-9-21(26)23-11-10-22-16-3-5-17(6-4-16)24(27)28/h2-6,8,14,22H,1,7,9-13H2,(H,23,26). The number of nitrogens with zero attached hydrogens (tertiary/aromatic N) is 1. The summed E-state index contributed by atoms with van der Waals surface area (Å²) in [6, 6.07) is 11.1. The maximum atomic E-state index is 12.4. The molecule has 0 unspecified atom stereocenters. The number of hydrogen-bond acceptors (Lipinski definition) is 7. The van der Waals surface area contributed by atoms with Crippen LogP contribution in [0.1, 0.15) is 29.6 Å². The third kappa shape index (κ3) is 5.94. The summed E-state index contributed by atoms with van der Waals surface area (Å²) in [5, 5.41) is 16.4. The maximum absolute atomic E-state index is 12.4. The number of hydrogen-bond donors (Lipinski definition) is 2. The van der Waals surface area contributed by atoms with Gasteiger partial charge in [0.05, 0.1) is 18.1 Å². The van der Waals surface area contributed by atoms with Crippen molar-refractivity contribution >= 4 is 23.1 Å². The summed E-state index contributed by atoms with van der Waals surface area (Å²) in [6.45, 7) is 1.95. The van der Waals surface area contributed by atoms with Gasteiger partial charge in [-0.3, -0.25) is 19.7 Å². The Hall–Kier alpha value is -3.62. The van der Waals surface area contributed by atoms with E-state index < -0.39 is 4.92 Å². The Morgan fingerprint density at radius 2 is 1.70 bits per heavy atom. The van der Waals surface area contributed by atoms with Gasteiger partial charge in [0, 0.05) is 55.7 Å². The molecule has 1 amide bonds. The topological polar surface area (TPSA) is 120 Å². The number of fused-ring (bicyclic) bond motifs is 1. The van der Waals surface area contributed by atoms with Crippen LogP contribution in [-0.2, 0) is 4.79 Å². The molecule has 1 aliphatic rings. The fourth-order valence-corrected chi connectivity index (χ4v) is 2.91. The number of carbonyl (C=O) groups is 2. The molecule has 2 aromatic carbocycles. The molecule has 1 aliphatic heterocycles. The molecule has 2 N–H and O–H groups in total. The minimum absolute atomic E-state index is 0.0205. The fraction of sp³-hybridized carbons (Fsp3) is 0.333. The van der Waals surface area contributed by atoms with E-state index in [1.165, 1.54) is 12.1 Å². The molecule has 9 heteroatoms. The minimum Gasteiger partial charge on any atom is -0.490 e. The van der Waals surface area contributed by atoms with Crippen molar-refractivity contribution < 1.29 is 24.0 Å². The van der Waals surface area contributed by atoms with Gasteiger partial charge in [-0.05, 0) is 30.3 Å². The van der Waals surface area contributed by atoms with Crippen LogP contribution in [0.4, 0.5) is 11.4 Å². The van der Waals surface area contributed by atoms with E-state index in [2.05, 4.69) is 10.6 Å². The zero-order valence-electron chi connectivity index (χ0n) is 16.4. The number of Topliss-reactive ketones (excluding diaryl/α,β-unsaturated/α-hetero) is 1. The lowest BCUT2D eigenvalue weighted by Gasteiger charge is -2.09. The van der Waals surface area contributed by atoms with Gasteiger partial charge in [-0.1, -0.05) is 0 Å². The second-order valence-corrected chi connectivity index (χ2v) is 6.72. The highest BCUT2D eigenvalue weighted by Gasteiger charge is 2.15. The van der Waals surface area contributed by atoms with E-state index in [0.29, 0.717) is 43.4 Å². The molecular formula is C21H23N3O6. The van der Waals surface area contributed by atoms with Gasteiger partial charge in [0.25, 0.3) is 5.69 Å². The van der Waals surface area contributed by atoms with Gasteiger partial charge in [0.2, 0.25) is 5.91 Å². The number of nitrogens with one attached hydrogen (secondary N) is 2. The number of carbonyl (C=O) groups excluding carboxylic acids is 2. The van der Waals surface area contributed by atoms with E-state index in [-0.39, 0.29) is 30.2 Å². The van der Waals surface area contributed by atoms with Crippen LogP contribution in [0.5, 0.6) is 11.5 Å². The van der Waals surface area contributed by atoms with Crippen LogP contribution in [-0.4, -0.2) is 42.9 Å². The number of non-ortho nitro benzene ring substituents is 1. The first-order valence-electron chi connectivity index (χ1n) is 9.71. The molecule has 2 aromatic rings. The molecule has 0 aliphatic carbocycles. The largest absolute Gasteiger partial charge is 0.490 e. The van der Waals surface area contributed by atoms with Crippen LogP contribution in [0.3, 0.4) is 0 Å². The minimum atomic E-state index is -0.461. The Morgan fingerprint density at radius 3 is 2.43 bits per heavy atom. The van der Waals surface area contributed by atoms with Gasteiger partial charge in [0.1, 0.15) is 0 Å². The Labute approximate surface area is 173 Å². The van der Waals surface area contributed by atoms with E-state index in [4.69, 9.17) is 9.47 Å². The summed E-state index contributed by atoms with van der Waals surface area (Å²) in [7, 11) is 0. The van der Waals surface area contributed by atoms with Crippen LogP contribution in [0.2, 0.25) is 0 Å². The molecule has 1 heterocycles. The lowest BCUT2D eigenvalue weighted by atomic mass is 10.1. The Balaban J connectivity index is 1.37. The SMILES string of the molecule is O=C(CCC(=O)c1ccc2c(c1)OCCCO2)NCCNc1ccc([N+](=O)[O-])cc1. The van der Waals surface area contributed by atoms with Crippen LogP contribution in [0, 0.1) is 10.1 Å². The number of nitro groups is 1. The van der Waals surface area contributed by atoms with Crippen LogP contribution in [0.25, 0.3) is 0 Å². The number of nitro benzene ring substituents is 1. The zero-order chi connectivity index (χ0) is 21.3. The molecule has 158 valence electrons. The number of ketones is 1. The molecule has 9 nitrogen and oxygen atoms in total. The van der Waals surface area contributed by atoms with Gasteiger partial charge < -0.3 is 20.1 Å². The van der Waals surface area contributed by atoms with E-state index >= 15 is 0 Å². The molecule has 0 radical (unpaired) electrons. The second kappa shape index (κ2) is 10.2. The summed E-state index contributed by atoms with van der Waals surface area (Å²) >= 11 is 0. The Kier molecular flexibility index (Phi) is 7.20. The second-order valence-electron chi connectivity index (χ2n) is 6.72. The van der Waals surface area contributed by atoms with Crippen molar-refractivity contribution in [2.75, 3.05) is 31.6 Å². The molecule has 0 fully saturated rings. The van der Waals surface area contributed by atoms with Crippen molar-refractivity contribution in [3.05, 3.63) is 58.1 Å². The predicted octanol–water partition coefficient (Wildman–Crippen LogP) is 2.95. The van der Waals surface area contributed by atoms with Gasteiger partial charge in [-0.25, -0.2) is 0 Å². The van der Waals surface area contributed by atoms with E-state index in [1.807, 2.05) is 0 Å². The lowest BCUT2D eigenvalue weighted by molar-refractivity contribution is -0.384. The average molecular weight is 413 g/mol. The highest BCUT2D eigenvalue weighted by molar-refractivity contribution is 5.98. The Morgan fingerprint density at radius 1 is 0.967 bits per heavy atom. The highest BCUT2D eigenvalue weighted by atomic mass is 16.6. The molecule has 0 atom stereocenters. The van der Waals surface area contributed by atoms with Crippen molar-refractivity contribution in [3.63, 3.8) is 0 Å². The molecule has 0 spiro atoms. The number of ether oxygens (including phenoxy) is 2. The van der Waals surface area contributed by atoms with Crippen molar-refractivity contribution in [1.29, 1.82) is 0 Å². The van der Waals surface area contributed by atoms with E-state index in [9.17, 15) is 19.7 Å². The van der Waals surface area contributed by atoms with Crippen molar-refractivity contribution in [3.8, 4) is 11.5 Å². The molecular weight excluding hydrogens is 390 g/mol. The summed E-state index contributed by atoms with van der Waals surface area (Å²) in [5.74, 6) is 0.829. The zero-order valence-corrected chi connectivity index (χ0v) is 16.4. The molecule has 0 aromatic heterocycles. The maximum Gasteiger partial charge on any atom is 0.269 e. The fourth-order valence-electron chi connectivity index (χ4n) is 2.91. The number of anilines is 1. The van der Waals surface area contributed by atoms with Crippen LogP contribution >= 0.6 is 0 Å². The summed E-state index contributed by atoms with van der Waals surface area (Å²) < 4.78 is 11.1. The smallest absolute Gasteiger partial charge is 0.269 e. The van der Waals surface area contributed by atoms with Gasteiger partial charge in [-0.15, -0.1) is 0 Å². The number of amides is 1. The quantitative estimate of drug-likeness (QED) is 0.281. The van der Waals surface area contributed by atoms with Crippen LogP contribution < -0.4 is 20.1 Å². The first-order chi connectivity index (χ1) is 14.5. The first-order valence-corrected chi connectivity index (χ1v) is 9.71. The first kappa shape index (κ1) is 21.1. The van der Waals surface area contributed by atoms with Gasteiger partial charge >= 0.3 is 0 Å². The molecule has 3 rings (SSSR count). The van der Waals surface area contributed by atoms with E-state index in [0.717, 1.165) is 12.1 Å². The van der Waals surface area contributed by atoms with Crippen LogP contribution in [0.15, 0.2) is 42.5 Å².